The molecule has 5 heteroatoms. The van der Waals surface area contributed by atoms with Crippen LogP contribution in [0.15, 0.2) is 24.3 Å². The molecule has 2 amide bonds. The summed E-state index contributed by atoms with van der Waals surface area (Å²) in [4.78, 5) is 25.6. The molecular formula is C15H19FN2O2. The lowest BCUT2D eigenvalue weighted by molar-refractivity contribution is -0.144. The van der Waals surface area contributed by atoms with Gasteiger partial charge < -0.3 is 10.2 Å². The first kappa shape index (κ1) is 14.5. The van der Waals surface area contributed by atoms with Crippen molar-refractivity contribution >= 4 is 17.5 Å². The molecule has 1 aromatic rings. The zero-order chi connectivity index (χ0) is 14.7. The number of carbonyl (C=O) groups excluding carboxylic acids is 2. The second kappa shape index (κ2) is 6.03. The Balaban J connectivity index is 1.98. The molecule has 0 aliphatic carbocycles. The van der Waals surface area contributed by atoms with Gasteiger partial charge >= 0.3 is 11.8 Å². The van der Waals surface area contributed by atoms with E-state index in [4.69, 9.17) is 0 Å². The molecule has 1 N–H and O–H groups in total. The van der Waals surface area contributed by atoms with E-state index in [1.165, 1.54) is 24.3 Å². The fourth-order valence-electron chi connectivity index (χ4n) is 2.69. The van der Waals surface area contributed by atoms with Gasteiger partial charge in [-0.15, -0.1) is 0 Å². The van der Waals surface area contributed by atoms with Crippen LogP contribution in [0.3, 0.4) is 0 Å². The Labute approximate surface area is 118 Å². The Morgan fingerprint density at radius 1 is 1.15 bits per heavy atom. The van der Waals surface area contributed by atoms with E-state index in [0.29, 0.717) is 30.6 Å². The third kappa shape index (κ3) is 3.56. The predicted octanol–water partition coefficient (Wildman–Crippen LogP) is 2.27. The number of benzene rings is 1. The molecular weight excluding hydrogens is 259 g/mol. The Bertz CT molecular complexity index is 491. The molecule has 0 saturated carbocycles. The lowest BCUT2D eigenvalue weighted by Crippen LogP contribution is -2.47. The Morgan fingerprint density at radius 2 is 1.70 bits per heavy atom. The normalized spacial score (nSPS) is 22.4. The maximum atomic E-state index is 12.8. The van der Waals surface area contributed by atoms with Gasteiger partial charge in [-0.1, -0.05) is 13.8 Å². The average molecular weight is 278 g/mol. The van der Waals surface area contributed by atoms with Gasteiger partial charge in [-0.3, -0.25) is 9.59 Å². The number of likely N-dealkylation sites (tertiary alicyclic amines) is 1. The Kier molecular flexibility index (Phi) is 4.37. The van der Waals surface area contributed by atoms with Gasteiger partial charge in [-0.2, -0.15) is 0 Å². The van der Waals surface area contributed by atoms with Crippen LogP contribution < -0.4 is 5.32 Å². The zero-order valence-electron chi connectivity index (χ0n) is 11.7. The molecule has 1 saturated heterocycles. The molecule has 0 radical (unpaired) electrons. The van der Waals surface area contributed by atoms with Crippen LogP contribution in [0, 0.1) is 17.7 Å². The monoisotopic (exact) mass is 278 g/mol. The molecule has 0 aromatic heterocycles. The lowest BCUT2D eigenvalue weighted by atomic mass is 9.92. The van der Waals surface area contributed by atoms with Crippen molar-refractivity contribution in [2.24, 2.45) is 11.8 Å². The van der Waals surface area contributed by atoms with Crippen LogP contribution in [0.2, 0.25) is 0 Å². The number of halogens is 1. The van der Waals surface area contributed by atoms with Crippen molar-refractivity contribution in [3.8, 4) is 0 Å². The van der Waals surface area contributed by atoms with E-state index in [1.807, 2.05) is 0 Å². The number of hydrogen-bond acceptors (Lipinski definition) is 2. The molecule has 20 heavy (non-hydrogen) atoms. The van der Waals surface area contributed by atoms with Crippen molar-refractivity contribution in [3.63, 3.8) is 0 Å². The second-order valence-electron chi connectivity index (χ2n) is 5.62. The highest BCUT2D eigenvalue weighted by atomic mass is 19.1. The number of nitrogens with zero attached hydrogens (tertiary/aromatic N) is 1. The summed E-state index contributed by atoms with van der Waals surface area (Å²) in [6.45, 7) is 5.38. The quantitative estimate of drug-likeness (QED) is 0.801. The molecule has 0 spiro atoms. The van der Waals surface area contributed by atoms with Crippen molar-refractivity contribution in [1.29, 1.82) is 0 Å². The van der Waals surface area contributed by atoms with E-state index < -0.39 is 11.8 Å². The third-order valence-electron chi connectivity index (χ3n) is 3.45. The van der Waals surface area contributed by atoms with E-state index in [2.05, 4.69) is 19.2 Å². The zero-order valence-corrected chi connectivity index (χ0v) is 11.7. The van der Waals surface area contributed by atoms with Gasteiger partial charge in [0.1, 0.15) is 5.82 Å². The second-order valence-corrected chi connectivity index (χ2v) is 5.62. The average Bonchev–Trinajstić information content (AvgIpc) is 2.39. The summed E-state index contributed by atoms with van der Waals surface area (Å²) in [7, 11) is 0. The van der Waals surface area contributed by atoms with Gasteiger partial charge in [0.2, 0.25) is 0 Å². The summed E-state index contributed by atoms with van der Waals surface area (Å²) in [6.07, 6.45) is 1.07. The van der Waals surface area contributed by atoms with Gasteiger partial charge in [-0.25, -0.2) is 4.39 Å². The molecule has 2 atom stereocenters. The van der Waals surface area contributed by atoms with Crippen LogP contribution in [0.5, 0.6) is 0 Å². The maximum absolute atomic E-state index is 12.8. The summed E-state index contributed by atoms with van der Waals surface area (Å²) in [5.41, 5.74) is 0.419. The number of amides is 2. The standard InChI is InChI=1S/C15H19FN2O2/c1-10-7-11(2)9-18(8-10)15(20)14(19)17-13-5-3-12(16)4-6-13/h3-6,10-11H,7-9H2,1-2H3,(H,17,19). The molecule has 108 valence electrons. The van der Waals surface area contributed by atoms with Crippen LogP contribution in [-0.4, -0.2) is 29.8 Å². The van der Waals surface area contributed by atoms with Gasteiger partial charge in [0.15, 0.2) is 0 Å². The summed E-state index contributed by atoms with van der Waals surface area (Å²) in [5.74, 6) is -0.763. The van der Waals surface area contributed by atoms with Crippen LogP contribution in [0.4, 0.5) is 10.1 Å². The number of carbonyl (C=O) groups is 2. The number of hydrogen-bond donors (Lipinski definition) is 1. The van der Waals surface area contributed by atoms with Crippen molar-refractivity contribution in [2.75, 3.05) is 18.4 Å². The number of anilines is 1. The number of nitrogens with one attached hydrogen (secondary N) is 1. The Hall–Kier alpha value is -1.91. The predicted molar refractivity (Wildman–Crippen MR) is 74.6 cm³/mol. The minimum Gasteiger partial charge on any atom is -0.334 e. The van der Waals surface area contributed by atoms with Crippen LogP contribution in [0.25, 0.3) is 0 Å². The van der Waals surface area contributed by atoms with Crippen molar-refractivity contribution in [1.82, 2.24) is 4.90 Å². The first-order chi connectivity index (χ1) is 9.45. The molecule has 1 aromatic carbocycles. The molecule has 1 heterocycles. The smallest absolute Gasteiger partial charge is 0.313 e. The SMILES string of the molecule is CC1CC(C)CN(C(=O)C(=O)Nc2ccc(F)cc2)C1. The van der Waals surface area contributed by atoms with E-state index in [0.717, 1.165) is 6.42 Å². The van der Waals surface area contributed by atoms with E-state index in [-0.39, 0.29) is 5.82 Å². The molecule has 4 nitrogen and oxygen atoms in total. The van der Waals surface area contributed by atoms with Gasteiger partial charge in [0.05, 0.1) is 0 Å². The first-order valence-electron chi connectivity index (χ1n) is 6.81. The summed E-state index contributed by atoms with van der Waals surface area (Å²) in [5, 5.41) is 2.50. The fraction of sp³-hybridized carbons (Fsp3) is 0.467. The summed E-state index contributed by atoms with van der Waals surface area (Å²) < 4.78 is 12.8. The molecule has 1 fully saturated rings. The van der Waals surface area contributed by atoms with Crippen LogP contribution >= 0.6 is 0 Å². The van der Waals surface area contributed by atoms with E-state index in [1.54, 1.807) is 4.90 Å². The van der Waals surface area contributed by atoms with Gasteiger partial charge in [0, 0.05) is 18.8 Å². The van der Waals surface area contributed by atoms with E-state index in [9.17, 15) is 14.0 Å². The van der Waals surface area contributed by atoms with Gasteiger partial charge in [-0.05, 0) is 42.5 Å². The fourth-order valence-corrected chi connectivity index (χ4v) is 2.69. The molecule has 0 bridgehead atoms. The number of piperidine rings is 1. The van der Waals surface area contributed by atoms with Crippen molar-refractivity contribution in [2.45, 2.75) is 20.3 Å². The molecule has 2 unspecified atom stereocenters. The molecule has 1 aliphatic rings. The Morgan fingerprint density at radius 3 is 2.25 bits per heavy atom. The maximum Gasteiger partial charge on any atom is 0.313 e. The minimum absolute atomic E-state index is 0.381. The number of rotatable bonds is 1. The topological polar surface area (TPSA) is 49.4 Å². The largest absolute Gasteiger partial charge is 0.334 e. The summed E-state index contributed by atoms with van der Waals surface area (Å²) in [6, 6.07) is 5.35. The lowest BCUT2D eigenvalue weighted by Gasteiger charge is -2.34. The molecule has 1 aliphatic heterocycles. The highest BCUT2D eigenvalue weighted by molar-refractivity contribution is 6.39. The van der Waals surface area contributed by atoms with Crippen molar-refractivity contribution in [3.05, 3.63) is 30.1 Å². The summed E-state index contributed by atoms with van der Waals surface area (Å²) >= 11 is 0. The van der Waals surface area contributed by atoms with E-state index >= 15 is 0 Å². The highest BCUT2D eigenvalue weighted by Gasteiger charge is 2.29. The van der Waals surface area contributed by atoms with Gasteiger partial charge in [0.25, 0.3) is 0 Å². The van der Waals surface area contributed by atoms with Crippen LogP contribution in [-0.2, 0) is 9.59 Å². The minimum atomic E-state index is -0.669. The van der Waals surface area contributed by atoms with Crippen molar-refractivity contribution < 1.29 is 14.0 Å². The molecule has 2 rings (SSSR count). The first-order valence-corrected chi connectivity index (χ1v) is 6.81. The third-order valence-corrected chi connectivity index (χ3v) is 3.45. The van der Waals surface area contributed by atoms with Crippen LogP contribution in [0.1, 0.15) is 20.3 Å². The highest BCUT2D eigenvalue weighted by Crippen LogP contribution is 2.21.